The van der Waals surface area contributed by atoms with Crippen LogP contribution in [0.15, 0.2) is 39.9 Å². The molecule has 1 aromatic carbocycles. The van der Waals surface area contributed by atoms with Crippen molar-refractivity contribution in [2.75, 3.05) is 19.0 Å². The quantitative estimate of drug-likeness (QED) is 0.673. The molecule has 1 aliphatic rings. The Kier molecular flexibility index (Phi) is 5.64. The number of thiophene rings is 1. The number of nitrogens with one attached hydrogen (secondary N) is 1. The van der Waals surface area contributed by atoms with Gasteiger partial charge in [0.1, 0.15) is 11.4 Å². The van der Waals surface area contributed by atoms with Gasteiger partial charge in [0.15, 0.2) is 0 Å². The smallest absolute Gasteiger partial charge is 0.332 e. The van der Waals surface area contributed by atoms with Crippen molar-refractivity contribution in [3.05, 3.63) is 61.6 Å². The van der Waals surface area contributed by atoms with E-state index in [4.69, 9.17) is 4.74 Å². The van der Waals surface area contributed by atoms with Crippen LogP contribution in [0.5, 0.6) is 0 Å². The Morgan fingerprint density at radius 3 is 2.66 bits per heavy atom. The van der Waals surface area contributed by atoms with E-state index in [1.54, 1.807) is 12.1 Å². The molecule has 29 heavy (non-hydrogen) atoms. The van der Waals surface area contributed by atoms with Gasteiger partial charge in [-0.25, -0.2) is 4.79 Å². The number of aryl methyl sites for hydroxylation is 2. The highest BCUT2D eigenvalue weighted by Crippen LogP contribution is 2.34. The summed E-state index contributed by atoms with van der Waals surface area (Å²) in [6, 6.07) is 9.11. The van der Waals surface area contributed by atoms with E-state index in [0.717, 1.165) is 36.1 Å². The number of para-hydroxylation sites is 1. The number of rotatable bonds is 6. The van der Waals surface area contributed by atoms with Gasteiger partial charge in [-0.3, -0.25) is 18.7 Å². The molecule has 0 aliphatic heterocycles. The molecule has 0 bridgehead atoms. The van der Waals surface area contributed by atoms with E-state index in [2.05, 4.69) is 5.32 Å². The maximum Gasteiger partial charge on any atom is 0.332 e. The van der Waals surface area contributed by atoms with Crippen molar-refractivity contribution in [3.8, 4) is 0 Å². The normalized spacial score (nSPS) is 13.4. The Balaban J connectivity index is 1.81. The molecule has 4 rings (SSSR count). The van der Waals surface area contributed by atoms with Crippen molar-refractivity contribution >= 4 is 33.1 Å². The zero-order chi connectivity index (χ0) is 20.4. The first-order chi connectivity index (χ1) is 14.1. The first kappa shape index (κ1) is 19.6. The molecular weight excluding hydrogens is 390 g/mol. The van der Waals surface area contributed by atoms with E-state index in [-0.39, 0.29) is 31.2 Å². The second-order valence-corrected chi connectivity index (χ2v) is 8.21. The summed E-state index contributed by atoms with van der Waals surface area (Å²) in [7, 11) is 1.53. The third kappa shape index (κ3) is 3.77. The van der Waals surface area contributed by atoms with Gasteiger partial charge in [0.05, 0.1) is 18.5 Å². The van der Waals surface area contributed by atoms with Crippen LogP contribution in [0.25, 0.3) is 10.2 Å². The fourth-order valence-corrected chi connectivity index (χ4v) is 5.17. The predicted octanol–water partition coefficient (Wildman–Crippen LogP) is 2.39. The molecule has 0 fully saturated rings. The Morgan fingerprint density at radius 2 is 1.90 bits per heavy atom. The SMILES string of the molecule is COCCn1c(=O)c2c3c(sc2n(CC(=O)Nc2ccccc2)c1=O)CCCC3. The average molecular weight is 413 g/mol. The second-order valence-electron chi connectivity index (χ2n) is 7.12. The lowest BCUT2D eigenvalue weighted by Crippen LogP contribution is -2.42. The molecule has 0 saturated heterocycles. The maximum absolute atomic E-state index is 13.1. The lowest BCUT2D eigenvalue weighted by Gasteiger charge is -2.13. The summed E-state index contributed by atoms with van der Waals surface area (Å²) < 4.78 is 7.71. The molecule has 1 aliphatic carbocycles. The van der Waals surface area contributed by atoms with Crippen LogP contribution in [0, 0.1) is 0 Å². The molecule has 1 N–H and O–H groups in total. The number of carbonyl (C=O) groups excluding carboxylic acids is 1. The highest BCUT2D eigenvalue weighted by atomic mass is 32.1. The molecule has 152 valence electrons. The first-order valence-electron chi connectivity index (χ1n) is 9.72. The van der Waals surface area contributed by atoms with Crippen molar-refractivity contribution < 1.29 is 9.53 Å². The second kappa shape index (κ2) is 8.34. The molecule has 0 spiro atoms. The number of aromatic nitrogens is 2. The number of anilines is 1. The first-order valence-corrected chi connectivity index (χ1v) is 10.5. The van der Waals surface area contributed by atoms with Gasteiger partial charge in [0.25, 0.3) is 5.56 Å². The molecule has 1 amide bonds. The molecule has 0 unspecified atom stereocenters. The summed E-state index contributed by atoms with van der Waals surface area (Å²) in [6.07, 6.45) is 3.86. The Hall–Kier alpha value is -2.71. The van der Waals surface area contributed by atoms with Gasteiger partial charge in [-0.1, -0.05) is 18.2 Å². The van der Waals surface area contributed by atoms with Crippen molar-refractivity contribution in [2.45, 2.75) is 38.8 Å². The summed E-state index contributed by atoms with van der Waals surface area (Å²) in [4.78, 5) is 40.6. The van der Waals surface area contributed by atoms with Crippen LogP contribution in [-0.4, -0.2) is 28.8 Å². The standard InChI is InChI=1S/C21H23N3O4S/c1-28-12-11-23-19(26)18-15-9-5-6-10-16(15)29-20(18)24(21(23)27)13-17(25)22-14-7-3-2-4-8-14/h2-4,7-8H,5-6,9-13H2,1H3,(H,22,25). The molecule has 0 radical (unpaired) electrons. The van der Waals surface area contributed by atoms with Gasteiger partial charge in [-0.05, 0) is 43.4 Å². The highest BCUT2D eigenvalue weighted by Gasteiger charge is 2.24. The molecule has 0 saturated carbocycles. The number of nitrogens with zero attached hydrogens (tertiary/aromatic N) is 2. The van der Waals surface area contributed by atoms with Crippen LogP contribution >= 0.6 is 11.3 Å². The minimum Gasteiger partial charge on any atom is -0.383 e. The summed E-state index contributed by atoms with van der Waals surface area (Å²) in [5.74, 6) is -0.303. The summed E-state index contributed by atoms with van der Waals surface area (Å²) in [5, 5.41) is 3.41. The van der Waals surface area contributed by atoms with Crippen molar-refractivity contribution in [3.63, 3.8) is 0 Å². The third-order valence-electron chi connectivity index (χ3n) is 5.20. The van der Waals surface area contributed by atoms with Crippen LogP contribution in [-0.2, 0) is 35.5 Å². The van der Waals surface area contributed by atoms with E-state index in [9.17, 15) is 14.4 Å². The van der Waals surface area contributed by atoms with Crippen LogP contribution in [0.2, 0.25) is 0 Å². The number of ether oxygens (including phenoxy) is 1. The molecule has 2 aromatic heterocycles. The molecule has 0 atom stereocenters. The lowest BCUT2D eigenvalue weighted by molar-refractivity contribution is -0.116. The Bertz CT molecular complexity index is 1160. The van der Waals surface area contributed by atoms with Gasteiger partial charge in [0, 0.05) is 17.7 Å². The zero-order valence-corrected chi connectivity index (χ0v) is 17.1. The van der Waals surface area contributed by atoms with Crippen molar-refractivity contribution in [1.29, 1.82) is 0 Å². The van der Waals surface area contributed by atoms with Crippen LogP contribution in [0.3, 0.4) is 0 Å². The summed E-state index contributed by atoms with van der Waals surface area (Å²) >= 11 is 1.47. The molecule has 8 heteroatoms. The van der Waals surface area contributed by atoms with Gasteiger partial charge >= 0.3 is 5.69 Å². The minimum atomic E-state index is -0.471. The number of fused-ring (bicyclic) bond motifs is 3. The molecule has 3 aromatic rings. The van der Waals surface area contributed by atoms with Crippen molar-refractivity contribution in [1.82, 2.24) is 9.13 Å². The predicted molar refractivity (Wildman–Crippen MR) is 114 cm³/mol. The number of carbonyl (C=O) groups is 1. The molecule has 7 nitrogen and oxygen atoms in total. The number of benzene rings is 1. The highest BCUT2D eigenvalue weighted by molar-refractivity contribution is 7.18. The van der Waals surface area contributed by atoms with Crippen LogP contribution in [0.1, 0.15) is 23.3 Å². The number of methoxy groups -OCH3 is 1. The summed E-state index contributed by atoms with van der Waals surface area (Å²) in [5.41, 5.74) is 0.965. The monoisotopic (exact) mass is 413 g/mol. The average Bonchev–Trinajstić information content (AvgIpc) is 3.11. The van der Waals surface area contributed by atoms with Gasteiger partial charge in [-0.15, -0.1) is 11.3 Å². The van der Waals surface area contributed by atoms with Crippen LogP contribution in [0.4, 0.5) is 5.69 Å². The molecule has 2 heterocycles. The van der Waals surface area contributed by atoms with E-state index < -0.39 is 5.69 Å². The topological polar surface area (TPSA) is 82.3 Å². The van der Waals surface area contributed by atoms with Gasteiger partial charge in [-0.2, -0.15) is 0 Å². The number of amides is 1. The Morgan fingerprint density at radius 1 is 1.14 bits per heavy atom. The largest absolute Gasteiger partial charge is 0.383 e. The number of hydrogen-bond donors (Lipinski definition) is 1. The van der Waals surface area contributed by atoms with Crippen molar-refractivity contribution in [2.24, 2.45) is 0 Å². The fraction of sp³-hybridized carbons (Fsp3) is 0.381. The third-order valence-corrected chi connectivity index (χ3v) is 6.51. The lowest BCUT2D eigenvalue weighted by atomic mass is 9.97. The Labute approximate surface area is 171 Å². The van der Waals surface area contributed by atoms with E-state index >= 15 is 0 Å². The van der Waals surface area contributed by atoms with Gasteiger partial charge < -0.3 is 10.1 Å². The number of hydrogen-bond acceptors (Lipinski definition) is 5. The summed E-state index contributed by atoms with van der Waals surface area (Å²) in [6.45, 7) is 0.273. The maximum atomic E-state index is 13.1. The fourth-order valence-electron chi connectivity index (χ4n) is 3.80. The van der Waals surface area contributed by atoms with E-state index in [0.29, 0.717) is 15.9 Å². The van der Waals surface area contributed by atoms with E-state index in [1.807, 2.05) is 18.2 Å². The van der Waals surface area contributed by atoms with E-state index in [1.165, 1.54) is 27.6 Å². The zero-order valence-electron chi connectivity index (χ0n) is 16.3. The van der Waals surface area contributed by atoms with Crippen LogP contribution < -0.4 is 16.6 Å². The molecular formula is C21H23N3O4S. The minimum absolute atomic E-state index is 0.142. The van der Waals surface area contributed by atoms with Gasteiger partial charge in [0.2, 0.25) is 5.91 Å².